The first-order valence-electron chi connectivity index (χ1n) is 11.9. The van der Waals surface area contributed by atoms with Gasteiger partial charge in [0, 0.05) is 35.1 Å². The number of hydrogen-bond donors (Lipinski definition) is 1. The van der Waals surface area contributed by atoms with E-state index in [4.69, 9.17) is 4.74 Å². The van der Waals surface area contributed by atoms with E-state index in [1.807, 2.05) is 89.6 Å². The number of imidazole rings is 1. The number of carbonyl (C=O) groups is 2. The minimum Gasteiger partial charge on any atom is -0.481 e. The fourth-order valence-corrected chi connectivity index (χ4v) is 4.69. The third kappa shape index (κ3) is 4.57. The zero-order valence-electron chi connectivity index (χ0n) is 20.5. The number of pyridine rings is 1. The summed E-state index contributed by atoms with van der Waals surface area (Å²) < 4.78 is 7.25. The molecular weight excluding hydrogens is 502 g/mol. The molecule has 3 aromatic carbocycles. The van der Waals surface area contributed by atoms with E-state index in [1.165, 1.54) is 0 Å². The molecule has 1 aliphatic rings. The summed E-state index contributed by atoms with van der Waals surface area (Å²) in [6.07, 6.45) is 3.42. The molecule has 0 radical (unpaired) electrons. The smallest absolute Gasteiger partial charge is 0.241 e. The Kier molecular flexibility index (Phi) is 6.81. The number of nitrogens with zero attached hydrogens (tertiary/aromatic N) is 4. The molecule has 0 saturated heterocycles. The number of aromatic nitrogens is 3. The fraction of sp³-hybridized carbons (Fsp3) is 0.103. The predicted octanol–water partition coefficient (Wildman–Crippen LogP) is 5.58. The van der Waals surface area contributed by atoms with Gasteiger partial charge in [-0.2, -0.15) is 0 Å². The highest BCUT2D eigenvalue weighted by molar-refractivity contribution is 6.21. The van der Waals surface area contributed by atoms with Gasteiger partial charge in [-0.25, -0.2) is 9.97 Å². The zero-order chi connectivity index (χ0) is 25.4. The molecule has 3 heterocycles. The number of rotatable bonds is 5. The second-order valence-corrected chi connectivity index (χ2v) is 8.73. The van der Waals surface area contributed by atoms with E-state index in [1.54, 1.807) is 18.2 Å². The van der Waals surface area contributed by atoms with Crippen molar-refractivity contribution in [1.29, 1.82) is 0 Å². The molecule has 0 bridgehead atoms. The van der Waals surface area contributed by atoms with Crippen LogP contribution >= 0.6 is 12.4 Å². The summed E-state index contributed by atoms with van der Waals surface area (Å²) in [5, 5.41) is 4.81. The van der Waals surface area contributed by atoms with Gasteiger partial charge in [-0.1, -0.05) is 36.4 Å². The van der Waals surface area contributed by atoms with Gasteiger partial charge in [-0.05, 0) is 41.8 Å². The molecule has 2 amide bonds. The summed E-state index contributed by atoms with van der Waals surface area (Å²) in [4.78, 5) is 36.4. The van der Waals surface area contributed by atoms with Crippen LogP contribution in [0.25, 0.3) is 22.2 Å². The van der Waals surface area contributed by atoms with Crippen LogP contribution in [0, 0.1) is 0 Å². The molecule has 38 heavy (non-hydrogen) atoms. The summed E-state index contributed by atoms with van der Waals surface area (Å²) in [5.74, 6) is 0.730. The number of hydrogen-bond acceptors (Lipinski definition) is 5. The minimum absolute atomic E-state index is 0. The number of halogens is 1. The molecular formula is C29H24ClN5O3. The molecule has 0 aliphatic carbocycles. The zero-order valence-corrected chi connectivity index (χ0v) is 21.3. The normalized spacial score (nSPS) is 12.9. The Bertz CT molecular complexity index is 1650. The van der Waals surface area contributed by atoms with Crippen LogP contribution in [0.1, 0.15) is 12.1 Å². The van der Waals surface area contributed by atoms with Crippen molar-refractivity contribution in [1.82, 2.24) is 14.5 Å². The first-order valence-corrected chi connectivity index (χ1v) is 11.9. The SMILES string of the molecule is COc1cccc(Cn2ccnc2-c2ccc(N3C(=O)CC(=O)Nc4c3ccc3ccccc43)cc2)n1.Cl. The van der Waals surface area contributed by atoms with E-state index < -0.39 is 0 Å². The summed E-state index contributed by atoms with van der Waals surface area (Å²) in [6, 6.07) is 24.9. The van der Waals surface area contributed by atoms with Crippen LogP contribution in [0.5, 0.6) is 5.88 Å². The second-order valence-electron chi connectivity index (χ2n) is 8.73. The van der Waals surface area contributed by atoms with E-state index in [9.17, 15) is 9.59 Å². The van der Waals surface area contributed by atoms with Crippen molar-refractivity contribution >= 4 is 52.1 Å². The number of carbonyl (C=O) groups excluding carboxylic acids is 2. The molecule has 190 valence electrons. The molecule has 1 aliphatic heterocycles. The van der Waals surface area contributed by atoms with Crippen LogP contribution in [0.3, 0.4) is 0 Å². The molecule has 0 unspecified atom stereocenters. The quantitative estimate of drug-likeness (QED) is 0.302. The van der Waals surface area contributed by atoms with Crippen LogP contribution in [-0.2, 0) is 16.1 Å². The van der Waals surface area contributed by atoms with Crippen molar-refractivity contribution in [3.8, 4) is 17.3 Å². The predicted molar refractivity (Wildman–Crippen MR) is 149 cm³/mol. The van der Waals surface area contributed by atoms with Gasteiger partial charge in [0.25, 0.3) is 0 Å². The highest BCUT2D eigenvalue weighted by atomic mass is 35.5. The Morgan fingerprint density at radius 2 is 1.76 bits per heavy atom. The maximum absolute atomic E-state index is 13.2. The van der Waals surface area contributed by atoms with E-state index >= 15 is 0 Å². The van der Waals surface area contributed by atoms with Crippen LogP contribution in [0.15, 0.2) is 91.3 Å². The van der Waals surface area contributed by atoms with Crippen molar-refractivity contribution in [3.63, 3.8) is 0 Å². The maximum atomic E-state index is 13.2. The molecule has 8 nitrogen and oxygen atoms in total. The third-order valence-electron chi connectivity index (χ3n) is 6.40. The van der Waals surface area contributed by atoms with Gasteiger partial charge >= 0.3 is 0 Å². The van der Waals surface area contributed by atoms with Crippen LogP contribution < -0.4 is 15.0 Å². The average molecular weight is 526 g/mol. The maximum Gasteiger partial charge on any atom is 0.241 e. The van der Waals surface area contributed by atoms with Crippen LogP contribution in [0.2, 0.25) is 0 Å². The number of amides is 2. The Morgan fingerprint density at radius 3 is 2.58 bits per heavy atom. The van der Waals surface area contributed by atoms with E-state index in [2.05, 4.69) is 15.3 Å². The van der Waals surface area contributed by atoms with Gasteiger partial charge < -0.3 is 14.6 Å². The van der Waals surface area contributed by atoms with Crippen molar-refractivity contribution < 1.29 is 14.3 Å². The van der Waals surface area contributed by atoms with Gasteiger partial charge in [0.05, 0.1) is 30.7 Å². The first kappa shape index (κ1) is 25.0. The average Bonchev–Trinajstić information content (AvgIpc) is 3.33. The molecule has 0 fully saturated rings. The van der Waals surface area contributed by atoms with Gasteiger partial charge in [-0.15, -0.1) is 12.4 Å². The van der Waals surface area contributed by atoms with Gasteiger partial charge in [0.2, 0.25) is 17.7 Å². The number of anilines is 3. The van der Waals surface area contributed by atoms with E-state index in [0.717, 1.165) is 27.9 Å². The monoisotopic (exact) mass is 525 g/mol. The summed E-state index contributed by atoms with van der Waals surface area (Å²) in [5.41, 5.74) is 3.71. The lowest BCUT2D eigenvalue weighted by atomic mass is 10.1. The molecule has 9 heteroatoms. The summed E-state index contributed by atoms with van der Waals surface area (Å²) in [6.45, 7) is 0.535. The highest BCUT2D eigenvalue weighted by Crippen LogP contribution is 2.40. The summed E-state index contributed by atoms with van der Waals surface area (Å²) >= 11 is 0. The molecule has 0 atom stereocenters. The third-order valence-corrected chi connectivity index (χ3v) is 6.40. The van der Waals surface area contributed by atoms with Crippen molar-refractivity contribution in [2.75, 3.05) is 17.3 Å². The fourth-order valence-electron chi connectivity index (χ4n) is 4.69. The Morgan fingerprint density at radius 1 is 0.947 bits per heavy atom. The molecule has 2 aromatic heterocycles. The van der Waals surface area contributed by atoms with Crippen molar-refractivity contribution in [3.05, 3.63) is 97.0 Å². The van der Waals surface area contributed by atoms with Gasteiger partial charge in [-0.3, -0.25) is 14.5 Å². The van der Waals surface area contributed by atoms with E-state index in [-0.39, 0.29) is 30.6 Å². The van der Waals surface area contributed by atoms with Crippen LogP contribution in [-0.4, -0.2) is 33.5 Å². The minimum atomic E-state index is -0.324. The number of ether oxygens (including phenoxy) is 1. The number of benzene rings is 3. The first-order chi connectivity index (χ1) is 18.1. The topological polar surface area (TPSA) is 89.4 Å². The van der Waals surface area contributed by atoms with Crippen molar-refractivity contribution in [2.24, 2.45) is 0 Å². The molecule has 0 saturated carbocycles. The molecule has 0 spiro atoms. The number of nitrogens with one attached hydrogen (secondary N) is 1. The summed E-state index contributed by atoms with van der Waals surface area (Å²) in [7, 11) is 1.60. The Hall–Kier alpha value is -4.69. The lowest BCUT2D eigenvalue weighted by molar-refractivity contribution is -0.124. The lowest BCUT2D eigenvalue weighted by Gasteiger charge is -2.23. The lowest BCUT2D eigenvalue weighted by Crippen LogP contribution is -2.26. The molecule has 1 N–H and O–H groups in total. The van der Waals surface area contributed by atoms with Gasteiger partial charge in [0.1, 0.15) is 12.2 Å². The molecule has 6 rings (SSSR count). The van der Waals surface area contributed by atoms with Crippen LogP contribution in [0.4, 0.5) is 17.1 Å². The number of fused-ring (bicyclic) bond motifs is 3. The van der Waals surface area contributed by atoms with Crippen molar-refractivity contribution in [2.45, 2.75) is 13.0 Å². The largest absolute Gasteiger partial charge is 0.481 e. The molecule has 5 aromatic rings. The standard InChI is InChI=1S/C29H23N5O3.ClH/c1-37-26-8-4-6-21(31-26)18-33-16-15-30-29(33)20-9-12-22(13-10-20)34-24-14-11-19-5-2-3-7-23(19)28(24)32-25(35)17-27(34)36;/h2-16H,17-18H2,1H3,(H,32,35);1H. The number of methoxy groups -OCH3 is 1. The van der Waals surface area contributed by atoms with E-state index in [0.29, 0.717) is 29.5 Å². The Balaban J connectivity index is 0.00000294. The second kappa shape index (κ2) is 10.4. The highest BCUT2D eigenvalue weighted by Gasteiger charge is 2.28. The van der Waals surface area contributed by atoms with Gasteiger partial charge in [0.15, 0.2) is 0 Å². The Labute approximate surface area is 225 Å².